The Hall–Kier alpha value is -4.80. The number of β-lactam (4-membered cyclic amide) rings is 2. The van der Waals surface area contributed by atoms with E-state index >= 15 is 0 Å². The van der Waals surface area contributed by atoms with E-state index in [1.165, 1.54) is 0 Å². The number of hydrogen-bond donors (Lipinski definition) is 0. The van der Waals surface area contributed by atoms with E-state index in [1.807, 2.05) is 86.5 Å². The number of rotatable bonds is 9. The van der Waals surface area contributed by atoms with Gasteiger partial charge in [0, 0.05) is 39.6 Å². The molecule has 4 aromatic carbocycles. The smallest absolute Gasteiger partial charge is 0.234 e. The number of benzene rings is 4. The summed E-state index contributed by atoms with van der Waals surface area (Å²) in [6.45, 7) is 0. The number of carbonyl (C=O) groups excluding carboxylic acids is 2. The zero-order valence-electron chi connectivity index (χ0n) is 27.3. The maximum absolute atomic E-state index is 14.0. The Labute approximate surface area is 287 Å². The summed E-state index contributed by atoms with van der Waals surface area (Å²) in [6, 6.07) is 32.6. The van der Waals surface area contributed by atoms with E-state index < -0.39 is 0 Å². The van der Waals surface area contributed by atoms with Crippen molar-refractivity contribution in [1.82, 2.24) is 9.97 Å². The Bertz CT molecular complexity index is 1920. The van der Waals surface area contributed by atoms with Crippen LogP contribution in [-0.4, -0.2) is 50.0 Å². The zero-order valence-corrected chi connectivity index (χ0v) is 28.9. The minimum atomic E-state index is -0.247. The van der Waals surface area contributed by atoms with Crippen molar-refractivity contribution in [1.29, 1.82) is 0 Å². The number of nitrogens with zero attached hydrogens (tertiary/aromatic N) is 6. The highest BCUT2D eigenvalue weighted by Crippen LogP contribution is 2.52. The van der Waals surface area contributed by atoms with Crippen molar-refractivity contribution in [3.05, 3.63) is 108 Å². The van der Waals surface area contributed by atoms with Gasteiger partial charge < -0.3 is 9.80 Å². The van der Waals surface area contributed by atoms with Gasteiger partial charge in [0.15, 0.2) is 10.3 Å². The molecule has 4 heterocycles. The van der Waals surface area contributed by atoms with E-state index in [4.69, 9.17) is 9.97 Å². The molecule has 0 saturated carbocycles. The highest BCUT2D eigenvalue weighted by Gasteiger charge is 2.53. The number of anilines is 4. The van der Waals surface area contributed by atoms with Crippen molar-refractivity contribution in [3.63, 3.8) is 0 Å². The van der Waals surface area contributed by atoms with E-state index in [2.05, 4.69) is 58.3 Å². The number of aromatic nitrogens is 2. The van der Waals surface area contributed by atoms with Crippen molar-refractivity contribution >= 4 is 76.6 Å². The predicted molar refractivity (Wildman–Crippen MR) is 197 cm³/mol. The Morgan fingerprint density at radius 2 is 0.938 bits per heavy atom. The quantitative estimate of drug-likeness (QED) is 0.145. The monoisotopic (exact) mass is 672 g/mol. The van der Waals surface area contributed by atoms with E-state index in [-0.39, 0.29) is 35.7 Å². The number of hydrogen-bond acceptors (Lipinski definition) is 8. The Kier molecular flexibility index (Phi) is 7.64. The molecular formula is C38H36N6O2S2. The molecule has 8 nitrogen and oxygen atoms in total. The highest BCUT2D eigenvalue weighted by molar-refractivity contribution is 7.22. The van der Waals surface area contributed by atoms with Crippen molar-refractivity contribution in [2.45, 2.75) is 24.9 Å². The molecule has 0 N–H and O–H groups in total. The van der Waals surface area contributed by atoms with Crippen LogP contribution in [0, 0.1) is 11.8 Å². The second kappa shape index (κ2) is 12.0. The molecule has 8 rings (SSSR count). The molecule has 2 amide bonds. The van der Waals surface area contributed by atoms with Crippen LogP contribution in [0.15, 0.2) is 97.1 Å². The fourth-order valence-corrected chi connectivity index (χ4v) is 9.09. The lowest BCUT2D eigenvalue weighted by molar-refractivity contribution is -0.134. The van der Waals surface area contributed by atoms with Crippen LogP contribution in [-0.2, 0) is 9.59 Å². The molecule has 0 bridgehead atoms. The molecule has 2 aromatic heterocycles. The third kappa shape index (κ3) is 5.11. The number of para-hydroxylation sites is 2. The first-order valence-electron chi connectivity index (χ1n) is 16.2. The van der Waals surface area contributed by atoms with Gasteiger partial charge in [0.1, 0.15) is 0 Å². The molecule has 10 heteroatoms. The van der Waals surface area contributed by atoms with E-state index in [9.17, 15) is 9.59 Å². The Morgan fingerprint density at radius 3 is 1.29 bits per heavy atom. The van der Waals surface area contributed by atoms with Crippen molar-refractivity contribution in [2.24, 2.45) is 11.8 Å². The predicted octanol–water partition coefficient (Wildman–Crippen LogP) is 7.93. The van der Waals surface area contributed by atoms with Gasteiger partial charge in [-0.25, -0.2) is 9.97 Å². The molecule has 4 unspecified atom stereocenters. The summed E-state index contributed by atoms with van der Waals surface area (Å²) < 4.78 is 2.12. The van der Waals surface area contributed by atoms with Gasteiger partial charge in [-0.1, -0.05) is 71.2 Å². The molecule has 2 saturated heterocycles. The highest BCUT2D eigenvalue weighted by atomic mass is 32.1. The van der Waals surface area contributed by atoms with Crippen LogP contribution in [0.1, 0.15) is 36.1 Å². The minimum Gasteiger partial charge on any atom is -0.378 e. The molecule has 242 valence electrons. The molecule has 0 spiro atoms. The largest absolute Gasteiger partial charge is 0.378 e. The van der Waals surface area contributed by atoms with Crippen LogP contribution in [0.5, 0.6) is 0 Å². The Morgan fingerprint density at radius 1 is 0.562 bits per heavy atom. The van der Waals surface area contributed by atoms with Crippen LogP contribution in [0.25, 0.3) is 20.4 Å². The lowest BCUT2D eigenvalue weighted by Gasteiger charge is -2.49. The fraction of sp³-hybridized carbons (Fsp3) is 0.263. The van der Waals surface area contributed by atoms with Crippen molar-refractivity contribution in [3.8, 4) is 0 Å². The fourth-order valence-electron chi connectivity index (χ4n) is 7.07. The van der Waals surface area contributed by atoms with Gasteiger partial charge >= 0.3 is 0 Å². The van der Waals surface area contributed by atoms with Gasteiger partial charge in [0.2, 0.25) is 11.8 Å². The van der Waals surface area contributed by atoms with Crippen molar-refractivity contribution < 1.29 is 9.59 Å². The summed E-state index contributed by atoms with van der Waals surface area (Å²) in [6.07, 6.45) is 1.22. The van der Waals surface area contributed by atoms with Crippen LogP contribution in [0.2, 0.25) is 0 Å². The lowest BCUT2D eigenvalue weighted by Crippen LogP contribution is -2.57. The van der Waals surface area contributed by atoms with E-state index in [1.54, 1.807) is 22.7 Å². The van der Waals surface area contributed by atoms with Crippen LogP contribution < -0.4 is 19.6 Å². The van der Waals surface area contributed by atoms with Gasteiger partial charge in [-0.05, 0) is 72.5 Å². The average Bonchev–Trinajstić information content (AvgIpc) is 3.71. The van der Waals surface area contributed by atoms with Crippen LogP contribution >= 0.6 is 22.7 Å². The maximum Gasteiger partial charge on any atom is 0.234 e. The number of amides is 2. The summed E-state index contributed by atoms with van der Waals surface area (Å²) in [5.74, 6) is -0.360. The molecule has 2 aliphatic rings. The number of thiazole rings is 2. The van der Waals surface area contributed by atoms with Gasteiger partial charge in [-0.15, -0.1) is 0 Å². The SMILES string of the molecule is CN(C)c1ccc(C2C(CCC3C(=O)N(c4nc5ccccc5s4)C3c3ccc(N(C)C)cc3)C(=O)N2c2nc3ccccc3s2)cc1. The summed E-state index contributed by atoms with van der Waals surface area (Å²) in [7, 11) is 8.09. The molecule has 2 aliphatic heterocycles. The number of fused-ring (bicyclic) bond motifs is 2. The summed E-state index contributed by atoms with van der Waals surface area (Å²) >= 11 is 3.10. The maximum atomic E-state index is 14.0. The minimum absolute atomic E-state index is 0.0671. The van der Waals surface area contributed by atoms with Gasteiger partial charge in [0.25, 0.3) is 0 Å². The standard InChI is InChI=1S/C38H36N6O2S2/c1-41(2)25-17-13-23(14-18-25)33-27(35(45)43(33)37-39-29-9-5-7-11-31(29)47-37)21-22-28-34(24-15-19-26(20-16-24)42(3)4)44(36(28)46)38-40-30-10-6-8-12-32(30)48-38/h5-20,27-28,33-34H,21-22H2,1-4H3. The first kappa shape index (κ1) is 30.5. The number of carbonyl (C=O) groups is 2. The molecule has 0 aliphatic carbocycles. The first-order chi connectivity index (χ1) is 23.3. The van der Waals surface area contributed by atoms with Gasteiger partial charge in [-0.3, -0.25) is 19.4 Å². The topological polar surface area (TPSA) is 72.9 Å². The molecule has 48 heavy (non-hydrogen) atoms. The zero-order chi connectivity index (χ0) is 33.1. The summed E-state index contributed by atoms with van der Waals surface area (Å²) in [5, 5.41) is 1.44. The van der Waals surface area contributed by atoms with Crippen LogP contribution in [0.3, 0.4) is 0 Å². The molecule has 2 fully saturated rings. The van der Waals surface area contributed by atoms with Gasteiger partial charge in [0.05, 0.1) is 44.4 Å². The summed E-state index contributed by atoms with van der Waals surface area (Å²) in [5.41, 5.74) is 6.16. The van der Waals surface area contributed by atoms with E-state index in [0.717, 1.165) is 53.2 Å². The molecule has 6 aromatic rings. The van der Waals surface area contributed by atoms with Gasteiger partial charge in [-0.2, -0.15) is 0 Å². The van der Waals surface area contributed by atoms with Crippen molar-refractivity contribution in [2.75, 3.05) is 47.8 Å². The third-order valence-electron chi connectivity index (χ3n) is 9.70. The molecule has 4 atom stereocenters. The second-order valence-electron chi connectivity index (χ2n) is 13.0. The normalized spacial score (nSPS) is 20.7. The molecule has 0 radical (unpaired) electrons. The Balaban J connectivity index is 1.10. The third-order valence-corrected chi connectivity index (χ3v) is 11.8. The molecular weight excluding hydrogens is 637 g/mol. The first-order valence-corrected chi connectivity index (χ1v) is 17.8. The van der Waals surface area contributed by atoms with E-state index in [0.29, 0.717) is 12.8 Å². The second-order valence-corrected chi connectivity index (χ2v) is 15.0. The summed E-state index contributed by atoms with van der Waals surface area (Å²) in [4.78, 5) is 45.6. The average molecular weight is 673 g/mol. The lowest BCUT2D eigenvalue weighted by atomic mass is 9.74. The van der Waals surface area contributed by atoms with Crippen LogP contribution in [0.4, 0.5) is 21.6 Å².